The molecule has 0 radical (unpaired) electrons. The summed E-state index contributed by atoms with van der Waals surface area (Å²) in [5, 5.41) is 3.29. The third-order valence-corrected chi connectivity index (χ3v) is 5.66. The molecule has 0 aliphatic heterocycles. The molecule has 2 aromatic carbocycles. The van der Waals surface area contributed by atoms with Gasteiger partial charge in [-0.25, -0.2) is 0 Å². The molecule has 1 unspecified atom stereocenters. The molecule has 3 rings (SSSR count). The highest BCUT2D eigenvalue weighted by atomic mass is 16.5. The monoisotopic (exact) mass is 474 g/mol. The molecule has 35 heavy (non-hydrogen) atoms. The van der Waals surface area contributed by atoms with Crippen LogP contribution in [0, 0.1) is 5.92 Å². The number of hydrogen-bond donors (Lipinski definition) is 1. The Morgan fingerprint density at radius 1 is 0.886 bits per heavy atom. The molecule has 1 heterocycles. The first-order chi connectivity index (χ1) is 17.0. The molecule has 6 heteroatoms. The van der Waals surface area contributed by atoms with Gasteiger partial charge in [-0.2, -0.15) is 0 Å². The minimum atomic E-state index is -0.547. The Hall–Kier alpha value is -3.51. The third kappa shape index (κ3) is 8.04. The predicted octanol–water partition coefficient (Wildman–Crippen LogP) is 5.14. The Bertz CT molecular complexity index is 1050. The van der Waals surface area contributed by atoms with Gasteiger partial charge in [0.2, 0.25) is 0 Å². The minimum absolute atomic E-state index is 0.215. The Balaban J connectivity index is 1.71. The van der Waals surface area contributed by atoms with Crippen LogP contribution in [0.5, 0.6) is 0 Å². The van der Waals surface area contributed by atoms with Crippen molar-refractivity contribution in [2.24, 2.45) is 5.92 Å². The minimum Gasteiger partial charge on any atom is -0.465 e. The van der Waals surface area contributed by atoms with Gasteiger partial charge < -0.3 is 14.8 Å². The first-order valence-corrected chi connectivity index (χ1v) is 12.1. The topological polar surface area (TPSA) is 77.5 Å². The molecular weight excluding hydrogens is 440 g/mol. The van der Waals surface area contributed by atoms with E-state index in [1.165, 1.54) is 0 Å². The van der Waals surface area contributed by atoms with Crippen molar-refractivity contribution in [1.29, 1.82) is 0 Å². The smallest absolute Gasteiger partial charge is 0.323 e. The molecule has 0 amide bonds. The van der Waals surface area contributed by atoms with E-state index in [0.717, 1.165) is 22.3 Å². The number of rotatable bonds is 12. The summed E-state index contributed by atoms with van der Waals surface area (Å²) in [6.45, 7) is 6.67. The van der Waals surface area contributed by atoms with E-state index in [-0.39, 0.29) is 37.6 Å². The molecule has 1 N–H and O–H groups in total. The van der Waals surface area contributed by atoms with Gasteiger partial charge in [0.1, 0.15) is 12.6 Å². The summed E-state index contributed by atoms with van der Waals surface area (Å²) in [7, 11) is 0. The number of ether oxygens (including phenoxy) is 2. The highest BCUT2D eigenvalue weighted by Crippen LogP contribution is 2.23. The zero-order chi connectivity index (χ0) is 25.0. The van der Waals surface area contributed by atoms with Crippen LogP contribution in [0.4, 0.5) is 0 Å². The van der Waals surface area contributed by atoms with E-state index in [1.807, 2.05) is 66.7 Å². The maximum absolute atomic E-state index is 12.9. The van der Waals surface area contributed by atoms with Crippen molar-refractivity contribution in [1.82, 2.24) is 10.3 Å². The van der Waals surface area contributed by atoms with E-state index in [2.05, 4.69) is 24.1 Å². The molecule has 0 saturated carbocycles. The van der Waals surface area contributed by atoms with Crippen molar-refractivity contribution in [3.8, 4) is 11.1 Å². The molecule has 0 saturated heterocycles. The van der Waals surface area contributed by atoms with Crippen molar-refractivity contribution < 1.29 is 19.1 Å². The summed E-state index contributed by atoms with van der Waals surface area (Å²) in [5.41, 5.74) is 3.77. The van der Waals surface area contributed by atoms with E-state index in [4.69, 9.17) is 9.47 Å². The van der Waals surface area contributed by atoms with Crippen LogP contribution in [0.1, 0.15) is 44.2 Å². The van der Waals surface area contributed by atoms with E-state index in [0.29, 0.717) is 6.42 Å². The normalized spacial score (nSPS) is 12.7. The van der Waals surface area contributed by atoms with Crippen LogP contribution in [-0.2, 0) is 25.7 Å². The van der Waals surface area contributed by atoms with Gasteiger partial charge in [0, 0.05) is 18.9 Å². The summed E-state index contributed by atoms with van der Waals surface area (Å²) in [6, 6.07) is 20.7. The average Bonchev–Trinajstić information content (AvgIpc) is 2.88. The van der Waals surface area contributed by atoms with Crippen LogP contribution in [-0.4, -0.2) is 36.1 Å². The van der Waals surface area contributed by atoms with Crippen molar-refractivity contribution in [2.45, 2.75) is 45.8 Å². The largest absolute Gasteiger partial charge is 0.465 e. The van der Waals surface area contributed by atoms with Crippen LogP contribution in [0.3, 0.4) is 0 Å². The molecule has 0 fully saturated rings. The third-order valence-electron chi connectivity index (χ3n) is 5.66. The Kier molecular flexibility index (Phi) is 9.99. The van der Waals surface area contributed by atoms with Crippen molar-refractivity contribution in [2.75, 3.05) is 13.2 Å². The SMILES string of the molecule is CCOC(=O)C(CN[C@@H](CC(C)C)C(=O)OCc1ccccc1)c1ccc(-c2cccnc2)cc1. The lowest BCUT2D eigenvalue weighted by molar-refractivity contribution is -0.149. The van der Waals surface area contributed by atoms with Gasteiger partial charge in [0.05, 0.1) is 12.5 Å². The van der Waals surface area contributed by atoms with E-state index in [1.54, 1.807) is 19.3 Å². The fourth-order valence-electron chi connectivity index (χ4n) is 3.85. The van der Waals surface area contributed by atoms with Gasteiger partial charge in [-0.1, -0.05) is 74.5 Å². The first kappa shape index (κ1) is 26.1. The number of aromatic nitrogens is 1. The molecule has 3 aromatic rings. The van der Waals surface area contributed by atoms with Crippen LogP contribution in [0.25, 0.3) is 11.1 Å². The quantitative estimate of drug-likeness (QED) is 0.366. The maximum atomic E-state index is 12.9. The Morgan fingerprint density at radius 2 is 1.63 bits per heavy atom. The fraction of sp³-hybridized carbons (Fsp3) is 0.345. The Labute approximate surface area is 207 Å². The zero-order valence-electron chi connectivity index (χ0n) is 20.6. The van der Waals surface area contributed by atoms with Crippen LogP contribution in [0.2, 0.25) is 0 Å². The molecule has 1 aromatic heterocycles. The summed E-state index contributed by atoms with van der Waals surface area (Å²) in [4.78, 5) is 29.9. The zero-order valence-corrected chi connectivity index (χ0v) is 20.6. The number of nitrogens with one attached hydrogen (secondary N) is 1. The van der Waals surface area contributed by atoms with Gasteiger partial charge in [0.25, 0.3) is 0 Å². The lowest BCUT2D eigenvalue weighted by Gasteiger charge is -2.23. The summed E-state index contributed by atoms with van der Waals surface area (Å²) < 4.78 is 10.9. The second kappa shape index (κ2) is 13.4. The van der Waals surface area contributed by atoms with Crippen LogP contribution < -0.4 is 5.32 Å². The number of benzene rings is 2. The van der Waals surface area contributed by atoms with Crippen LogP contribution in [0.15, 0.2) is 79.1 Å². The molecule has 2 atom stereocenters. The average molecular weight is 475 g/mol. The Morgan fingerprint density at radius 3 is 2.26 bits per heavy atom. The molecule has 0 aliphatic carbocycles. The number of pyridine rings is 1. The number of carbonyl (C=O) groups is 2. The fourth-order valence-corrected chi connectivity index (χ4v) is 3.85. The number of esters is 2. The molecule has 6 nitrogen and oxygen atoms in total. The van der Waals surface area contributed by atoms with Crippen molar-refractivity contribution in [3.63, 3.8) is 0 Å². The van der Waals surface area contributed by atoms with Crippen LogP contribution >= 0.6 is 0 Å². The summed E-state index contributed by atoms with van der Waals surface area (Å²) >= 11 is 0. The van der Waals surface area contributed by atoms with Gasteiger partial charge >= 0.3 is 11.9 Å². The number of hydrogen-bond acceptors (Lipinski definition) is 6. The molecular formula is C29H34N2O4. The van der Waals surface area contributed by atoms with Gasteiger partial charge in [-0.3, -0.25) is 14.6 Å². The predicted molar refractivity (Wildman–Crippen MR) is 137 cm³/mol. The lowest BCUT2D eigenvalue weighted by atomic mass is 9.95. The first-order valence-electron chi connectivity index (χ1n) is 12.1. The van der Waals surface area contributed by atoms with E-state index >= 15 is 0 Å². The second-order valence-electron chi connectivity index (χ2n) is 8.85. The number of nitrogens with zero attached hydrogens (tertiary/aromatic N) is 1. The molecule has 0 bridgehead atoms. The lowest BCUT2D eigenvalue weighted by Crippen LogP contribution is -2.42. The second-order valence-corrected chi connectivity index (χ2v) is 8.85. The highest BCUT2D eigenvalue weighted by molar-refractivity contribution is 5.79. The van der Waals surface area contributed by atoms with Gasteiger partial charge in [0.15, 0.2) is 0 Å². The molecule has 184 valence electrons. The van der Waals surface area contributed by atoms with E-state index in [9.17, 15) is 9.59 Å². The molecule has 0 aliphatic rings. The summed E-state index contributed by atoms with van der Waals surface area (Å²) in [5.74, 6) is -0.918. The van der Waals surface area contributed by atoms with E-state index < -0.39 is 12.0 Å². The number of carbonyl (C=O) groups excluding carboxylic acids is 2. The van der Waals surface area contributed by atoms with Crippen molar-refractivity contribution in [3.05, 3.63) is 90.3 Å². The summed E-state index contributed by atoms with van der Waals surface area (Å²) in [6.07, 6.45) is 4.14. The highest BCUT2D eigenvalue weighted by Gasteiger charge is 2.27. The van der Waals surface area contributed by atoms with Crippen molar-refractivity contribution >= 4 is 11.9 Å². The van der Waals surface area contributed by atoms with Gasteiger partial charge in [-0.15, -0.1) is 0 Å². The maximum Gasteiger partial charge on any atom is 0.323 e. The standard InChI is InChI=1S/C29H34N2O4/c1-4-34-28(32)26(24-14-12-23(13-15-24)25-11-8-16-30-18-25)19-31-27(17-21(2)3)29(33)35-20-22-9-6-5-7-10-22/h5-16,18,21,26-27,31H,4,17,19-20H2,1-3H3/t26?,27-/m0/s1. The molecule has 0 spiro atoms. The van der Waals surface area contributed by atoms with Gasteiger partial charge in [-0.05, 0) is 47.6 Å².